The van der Waals surface area contributed by atoms with Crippen LogP contribution in [0.15, 0.2) is 0 Å². The van der Waals surface area contributed by atoms with E-state index in [-0.39, 0.29) is 19.2 Å². The van der Waals surface area contributed by atoms with Crippen molar-refractivity contribution in [2.45, 2.75) is 129 Å². The van der Waals surface area contributed by atoms with Crippen molar-refractivity contribution in [1.29, 1.82) is 0 Å². The Bertz CT molecular complexity index is 320. The highest BCUT2D eigenvalue weighted by Crippen LogP contribution is 2.14. The van der Waals surface area contributed by atoms with Crippen LogP contribution in [-0.4, -0.2) is 37.5 Å². The molecule has 0 aromatic carbocycles. The number of carbonyl (C=O) groups excluding carboxylic acids is 1. The van der Waals surface area contributed by atoms with Crippen LogP contribution in [0.3, 0.4) is 0 Å². The van der Waals surface area contributed by atoms with Gasteiger partial charge in [0.2, 0.25) is 0 Å². The first kappa shape index (κ1) is 28.4. The summed E-state index contributed by atoms with van der Waals surface area (Å²) in [5.41, 5.74) is 0. The predicted molar refractivity (Wildman–Crippen MR) is 122 cm³/mol. The number of unbranched alkanes of at least 4 members (excludes halogenated alkanes) is 17. The van der Waals surface area contributed by atoms with Crippen LogP contribution in [0.5, 0.6) is 0 Å². The molecule has 0 aromatic rings. The first-order valence-electron chi connectivity index (χ1n) is 12.7. The number of ether oxygens (including phenoxy) is 2. The molecule has 29 heavy (non-hydrogen) atoms. The fraction of sp³-hybridized carbons (Fsp3) is 0.960. The lowest BCUT2D eigenvalue weighted by molar-refractivity contribution is -0.145. The average Bonchev–Trinajstić information content (AvgIpc) is 2.72. The molecule has 0 aliphatic carbocycles. The molecule has 0 aliphatic rings. The molecule has 0 spiro atoms. The molecule has 0 amide bonds. The van der Waals surface area contributed by atoms with Crippen molar-refractivity contribution < 1.29 is 19.4 Å². The van der Waals surface area contributed by atoms with Crippen molar-refractivity contribution in [3.63, 3.8) is 0 Å². The van der Waals surface area contributed by atoms with Crippen molar-refractivity contribution in [2.24, 2.45) is 0 Å². The fourth-order valence-corrected chi connectivity index (χ4v) is 3.62. The number of hydrogen-bond acceptors (Lipinski definition) is 4. The average molecular weight is 415 g/mol. The fourth-order valence-electron chi connectivity index (χ4n) is 3.62. The van der Waals surface area contributed by atoms with Gasteiger partial charge < -0.3 is 14.6 Å². The van der Waals surface area contributed by atoms with Crippen molar-refractivity contribution in [2.75, 3.05) is 26.4 Å². The van der Waals surface area contributed by atoms with E-state index in [4.69, 9.17) is 14.6 Å². The van der Waals surface area contributed by atoms with Crippen LogP contribution in [0.1, 0.15) is 129 Å². The Hall–Kier alpha value is -0.610. The van der Waals surface area contributed by atoms with E-state index in [0.717, 1.165) is 12.8 Å². The lowest BCUT2D eigenvalue weighted by Crippen LogP contribution is -2.11. The summed E-state index contributed by atoms with van der Waals surface area (Å²) < 4.78 is 10.1. The van der Waals surface area contributed by atoms with Gasteiger partial charge in [-0.2, -0.15) is 0 Å². The van der Waals surface area contributed by atoms with Crippen molar-refractivity contribution in [3.8, 4) is 0 Å². The summed E-state index contributed by atoms with van der Waals surface area (Å²) in [6.07, 6.45) is 24.8. The van der Waals surface area contributed by atoms with E-state index in [1.165, 1.54) is 103 Å². The molecule has 0 aromatic heterocycles. The highest BCUT2D eigenvalue weighted by Gasteiger charge is 2.02. The zero-order chi connectivity index (χ0) is 21.3. The first-order chi connectivity index (χ1) is 14.3. The number of hydrogen-bond donors (Lipinski definition) is 1. The molecule has 4 heteroatoms. The van der Waals surface area contributed by atoms with Gasteiger partial charge in [-0.25, -0.2) is 0 Å². The normalized spacial score (nSPS) is 11.1. The molecule has 0 saturated carbocycles. The maximum atomic E-state index is 11.5. The Morgan fingerprint density at radius 3 is 1.41 bits per heavy atom. The topological polar surface area (TPSA) is 55.8 Å². The second-order valence-corrected chi connectivity index (χ2v) is 8.32. The zero-order valence-electron chi connectivity index (χ0n) is 19.4. The molecule has 0 saturated heterocycles. The third-order valence-corrected chi connectivity index (χ3v) is 5.46. The van der Waals surface area contributed by atoms with Crippen LogP contribution in [0.2, 0.25) is 0 Å². The second-order valence-electron chi connectivity index (χ2n) is 8.32. The van der Waals surface area contributed by atoms with Gasteiger partial charge in [0.25, 0.3) is 0 Å². The van der Waals surface area contributed by atoms with Gasteiger partial charge in [0.15, 0.2) is 0 Å². The quantitative estimate of drug-likeness (QED) is 0.137. The van der Waals surface area contributed by atoms with Crippen LogP contribution in [0, 0.1) is 0 Å². The smallest absolute Gasteiger partial charge is 0.305 e. The molecule has 0 heterocycles. The van der Waals surface area contributed by atoms with Crippen LogP contribution in [0.4, 0.5) is 0 Å². The van der Waals surface area contributed by atoms with Gasteiger partial charge in [0.05, 0.1) is 19.8 Å². The summed E-state index contributed by atoms with van der Waals surface area (Å²) in [6, 6.07) is 0. The Balaban J connectivity index is 3.08. The summed E-state index contributed by atoms with van der Waals surface area (Å²) in [4.78, 5) is 11.5. The molecule has 174 valence electrons. The molecule has 0 atom stereocenters. The largest absolute Gasteiger partial charge is 0.463 e. The van der Waals surface area contributed by atoms with E-state index in [1.807, 2.05) is 0 Å². The number of rotatable bonds is 24. The third kappa shape index (κ3) is 25.4. The van der Waals surface area contributed by atoms with E-state index in [0.29, 0.717) is 19.6 Å². The van der Waals surface area contributed by atoms with Gasteiger partial charge in [-0.1, -0.05) is 116 Å². The first-order valence-corrected chi connectivity index (χ1v) is 12.7. The number of aliphatic hydroxyl groups excluding tert-OH is 1. The Morgan fingerprint density at radius 2 is 1.00 bits per heavy atom. The van der Waals surface area contributed by atoms with Gasteiger partial charge in [-0.05, 0) is 6.42 Å². The molecular weight excluding hydrogens is 364 g/mol. The second kappa shape index (κ2) is 25.4. The molecule has 0 rings (SSSR count). The highest BCUT2D eigenvalue weighted by molar-refractivity contribution is 5.69. The van der Waals surface area contributed by atoms with Crippen LogP contribution < -0.4 is 0 Å². The lowest BCUT2D eigenvalue weighted by atomic mass is 10.0. The maximum Gasteiger partial charge on any atom is 0.305 e. The van der Waals surface area contributed by atoms with Crippen LogP contribution >= 0.6 is 0 Å². The number of esters is 1. The van der Waals surface area contributed by atoms with Crippen molar-refractivity contribution in [3.05, 3.63) is 0 Å². The summed E-state index contributed by atoms with van der Waals surface area (Å²) in [5, 5.41) is 8.56. The summed E-state index contributed by atoms with van der Waals surface area (Å²) in [5.74, 6) is -0.130. The summed E-state index contributed by atoms with van der Waals surface area (Å²) in [6.45, 7) is 3.25. The molecule has 0 bridgehead atoms. The highest BCUT2D eigenvalue weighted by atomic mass is 16.6. The van der Waals surface area contributed by atoms with Gasteiger partial charge in [0, 0.05) is 6.42 Å². The minimum atomic E-state index is -0.130. The van der Waals surface area contributed by atoms with E-state index in [2.05, 4.69) is 6.92 Å². The summed E-state index contributed by atoms with van der Waals surface area (Å²) >= 11 is 0. The van der Waals surface area contributed by atoms with Gasteiger partial charge in [-0.15, -0.1) is 0 Å². The molecule has 1 N–H and O–H groups in total. The molecule has 0 fully saturated rings. The summed E-state index contributed by atoms with van der Waals surface area (Å²) in [7, 11) is 0. The van der Waals surface area contributed by atoms with Crippen LogP contribution in [-0.2, 0) is 14.3 Å². The lowest BCUT2D eigenvalue weighted by Gasteiger charge is -2.05. The van der Waals surface area contributed by atoms with Crippen LogP contribution in [0.25, 0.3) is 0 Å². The van der Waals surface area contributed by atoms with Gasteiger partial charge in [-0.3, -0.25) is 4.79 Å². The monoisotopic (exact) mass is 414 g/mol. The standard InChI is InChI=1S/C25H50O4/c1-2-3-4-5-6-7-8-9-10-11-12-13-14-15-16-17-18-19-20-25(27)29-24-23-28-22-21-26/h26H,2-24H2,1H3. The molecule has 0 aliphatic heterocycles. The van der Waals surface area contributed by atoms with E-state index >= 15 is 0 Å². The molecule has 0 unspecified atom stereocenters. The number of carbonyl (C=O) groups is 1. The van der Waals surface area contributed by atoms with E-state index in [1.54, 1.807) is 0 Å². The Kier molecular flexibility index (Phi) is 24.9. The SMILES string of the molecule is CCCCCCCCCCCCCCCCCCCCC(=O)OCCOCCO. The Morgan fingerprint density at radius 1 is 0.586 bits per heavy atom. The zero-order valence-corrected chi connectivity index (χ0v) is 19.4. The number of aliphatic hydroxyl groups is 1. The molecular formula is C25H50O4. The molecule has 0 radical (unpaired) electrons. The van der Waals surface area contributed by atoms with Crippen molar-refractivity contribution in [1.82, 2.24) is 0 Å². The van der Waals surface area contributed by atoms with Gasteiger partial charge in [0.1, 0.15) is 6.61 Å². The Labute approximate surface area is 181 Å². The minimum Gasteiger partial charge on any atom is -0.463 e. The maximum absolute atomic E-state index is 11.5. The predicted octanol–water partition coefficient (Wildman–Crippen LogP) is 6.97. The van der Waals surface area contributed by atoms with E-state index < -0.39 is 0 Å². The minimum absolute atomic E-state index is 0.00720. The molecule has 4 nitrogen and oxygen atoms in total. The van der Waals surface area contributed by atoms with Gasteiger partial charge >= 0.3 is 5.97 Å². The third-order valence-electron chi connectivity index (χ3n) is 5.46. The van der Waals surface area contributed by atoms with Crippen molar-refractivity contribution >= 4 is 5.97 Å². The van der Waals surface area contributed by atoms with E-state index in [9.17, 15) is 4.79 Å².